The zero-order chi connectivity index (χ0) is 24.7. The Balaban J connectivity index is 1.38. The van der Waals surface area contributed by atoms with Crippen LogP contribution in [0.4, 0.5) is 11.6 Å². The molecule has 1 aliphatic heterocycles. The van der Waals surface area contributed by atoms with E-state index in [4.69, 9.17) is 4.84 Å². The number of nitrogens with zero attached hydrogens (tertiary/aromatic N) is 6. The molecular formula is C25H29N7O3. The Hall–Kier alpha value is -3.60. The van der Waals surface area contributed by atoms with Crippen molar-refractivity contribution in [1.29, 1.82) is 0 Å². The minimum atomic E-state index is -0.462. The summed E-state index contributed by atoms with van der Waals surface area (Å²) in [5, 5.41) is 20.2. The minimum Gasteiger partial charge on any atom is -0.389 e. The number of carbonyl (C=O) groups is 1. The van der Waals surface area contributed by atoms with Crippen molar-refractivity contribution in [3.05, 3.63) is 59.7 Å². The number of anilines is 2. The molecule has 1 aliphatic rings. The molecule has 1 atom stereocenters. The van der Waals surface area contributed by atoms with Crippen LogP contribution in [-0.2, 0) is 18.4 Å². The highest BCUT2D eigenvalue weighted by Gasteiger charge is 2.23. The second kappa shape index (κ2) is 9.21. The number of aryl methyl sites for hydroxylation is 2. The van der Waals surface area contributed by atoms with Crippen LogP contribution in [0.1, 0.15) is 35.5 Å². The molecule has 1 aromatic carbocycles. The van der Waals surface area contributed by atoms with Gasteiger partial charge in [0.1, 0.15) is 0 Å². The molecule has 0 saturated carbocycles. The van der Waals surface area contributed by atoms with Crippen LogP contribution in [0.3, 0.4) is 0 Å². The fourth-order valence-electron chi connectivity index (χ4n) is 4.24. The Morgan fingerprint density at radius 3 is 2.86 bits per heavy atom. The number of rotatable bonds is 7. The molecule has 3 aromatic heterocycles. The van der Waals surface area contributed by atoms with Crippen molar-refractivity contribution < 1.29 is 14.7 Å². The monoisotopic (exact) mass is 475 g/mol. The van der Waals surface area contributed by atoms with Gasteiger partial charge in [0.2, 0.25) is 5.95 Å². The van der Waals surface area contributed by atoms with Gasteiger partial charge in [0.25, 0.3) is 0 Å². The van der Waals surface area contributed by atoms with Crippen molar-refractivity contribution in [2.45, 2.75) is 33.4 Å². The average molecular weight is 476 g/mol. The lowest BCUT2D eigenvalue weighted by atomic mass is 10.0. The van der Waals surface area contributed by atoms with Gasteiger partial charge in [0.05, 0.1) is 31.5 Å². The van der Waals surface area contributed by atoms with Crippen LogP contribution in [-0.4, -0.2) is 59.5 Å². The van der Waals surface area contributed by atoms with Gasteiger partial charge in [-0.05, 0) is 25.1 Å². The molecule has 0 aliphatic carbocycles. The van der Waals surface area contributed by atoms with Crippen LogP contribution in [0.5, 0.6) is 0 Å². The lowest BCUT2D eigenvalue weighted by Gasteiger charge is -2.12. The number of hydrogen-bond donors (Lipinski definition) is 2. The first-order chi connectivity index (χ1) is 16.8. The van der Waals surface area contributed by atoms with Crippen LogP contribution in [0.2, 0.25) is 0 Å². The Bertz CT molecular complexity index is 1390. The van der Waals surface area contributed by atoms with Gasteiger partial charge in [0.15, 0.2) is 11.6 Å². The Kier molecular flexibility index (Phi) is 6.10. The zero-order valence-corrected chi connectivity index (χ0v) is 20.3. The molecular weight excluding hydrogens is 446 g/mol. The van der Waals surface area contributed by atoms with Gasteiger partial charge < -0.3 is 15.0 Å². The molecule has 0 spiro atoms. The summed E-state index contributed by atoms with van der Waals surface area (Å²) >= 11 is 0. The quantitative estimate of drug-likeness (QED) is 0.392. The number of fused-ring (bicyclic) bond motifs is 1. The summed E-state index contributed by atoms with van der Waals surface area (Å²) in [7, 11) is 1.94. The first-order valence-electron chi connectivity index (χ1n) is 11.6. The summed E-state index contributed by atoms with van der Waals surface area (Å²) in [6.07, 6.45) is 5.01. The second-order valence-electron chi connectivity index (χ2n) is 9.22. The summed E-state index contributed by atoms with van der Waals surface area (Å²) < 4.78 is 3.68. The van der Waals surface area contributed by atoms with E-state index < -0.39 is 6.10 Å². The molecule has 1 saturated heterocycles. The highest BCUT2D eigenvalue weighted by molar-refractivity contribution is 6.09. The van der Waals surface area contributed by atoms with E-state index in [1.165, 1.54) is 0 Å². The Labute approximate surface area is 203 Å². The van der Waals surface area contributed by atoms with Crippen LogP contribution in [0.15, 0.2) is 42.9 Å². The van der Waals surface area contributed by atoms with E-state index in [-0.39, 0.29) is 11.7 Å². The first kappa shape index (κ1) is 23.2. The number of hydrogen-bond acceptors (Lipinski definition) is 8. The summed E-state index contributed by atoms with van der Waals surface area (Å²) in [5.41, 5.74) is 4.35. The molecule has 0 radical (unpaired) electrons. The van der Waals surface area contributed by atoms with E-state index in [0.29, 0.717) is 37.0 Å². The third kappa shape index (κ3) is 4.68. The van der Waals surface area contributed by atoms with Gasteiger partial charge in [-0.15, -0.1) is 0 Å². The molecule has 4 aromatic rings. The SMILES string of the molecule is Cc1nn(-c2ccnc(Nc3ccc4c(c3)c(C(=O)C(C)C)cn4C)n2)cc1CN1CC(O)CO1. The molecule has 0 amide bonds. The average Bonchev–Trinajstić information content (AvgIpc) is 3.51. The number of Topliss-reactive ketones (excluding diaryl/α,β-unsaturated/α-hetero) is 1. The maximum absolute atomic E-state index is 12.7. The van der Waals surface area contributed by atoms with Gasteiger partial charge >= 0.3 is 0 Å². The van der Waals surface area contributed by atoms with Crippen molar-refractivity contribution in [1.82, 2.24) is 29.4 Å². The lowest BCUT2D eigenvalue weighted by Crippen LogP contribution is -2.20. The fourth-order valence-corrected chi connectivity index (χ4v) is 4.24. The van der Waals surface area contributed by atoms with Crippen molar-refractivity contribution in [2.75, 3.05) is 18.5 Å². The molecule has 35 heavy (non-hydrogen) atoms. The van der Waals surface area contributed by atoms with Gasteiger partial charge in [-0.3, -0.25) is 9.63 Å². The van der Waals surface area contributed by atoms with Crippen molar-refractivity contribution >= 4 is 28.3 Å². The van der Waals surface area contributed by atoms with Crippen molar-refractivity contribution in [3.8, 4) is 5.82 Å². The van der Waals surface area contributed by atoms with Crippen LogP contribution in [0.25, 0.3) is 16.7 Å². The highest BCUT2D eigenvalue weighted by Crippen LogP contribution is 2.27. The standard InChI is InChI=1S/C25H29N7O3/c1-15(2)24(34)21-13-30(4)22-6-5-18(9-20(21)22)27-25-26-8-7-23(28-25)32-11-17(16(3)29-32)10-31-12-19(33)14-35-31/h5-9,11,13,15,19,33H,10,12,14H2,1-4H3,(H,26,27,28). The van der Waals surface area contributed by atoms with Gasteiger partial charge in [-0.25, -0.2) is 9.67 Å². The van der Waals surface area contributed by atoms with Crippen molar-refractivity contribution in [2.24, 2.45) is 13.0 Å². The number of benzene rings is 1. The van der Waals surface area contributed by atoms with Crippen LogP contribution < -0.4 is 5.32 Å². The Morgan fingerprint density at radius 2 is 2.11 bits per heavy atom. The van der Waals surface area contributed by atoms with Crippen molar-refractivity contribution in [3.63, 3.8) is 0 Å². The highest BCUT2D eigenvalue weighted by atomic mass is 16.7. The number of ketones is 1. The minimum absolute atomic E-state index is 0.0817. The number of aromatic nitrogens is 5. The molecule has 10 nitrogen and oxygen atoms in total. The third-order valence-electron chi connectivity index (χ3n) is 6.12. The molecule has 1 unspecified atom stereocenters. The third-order valence-corrected chi connectivity index (χ3v) is 6.12. The fraction of sp³-hybridized carbons (Fsp3) is 0.360. The zero-order valence-electron chi connectivity index (χ0n) is 20.3. The normalized spacial score (nSPS) is 16.5. The molecule has 10 heteroatoms. The topological polar surface area (TPSA) is 110 Å². The lowest BCUT2D eigenvalue weighted by molar-refractivity contribution is -0.118. The summed E-state index contributed by atoms with van der Waals surface area (Å²) in [4.78, 5) is 27.2. The van der Waals surface area contributed by atoms with E-state index in [1.807, 2.05) is 63.0 Å². The first-order valence-corrected chi connectivity index (χ1v) is 11.6. The van der Waals surface area contributed by atoms with Crippen LogP contribution >= 0.6 is 0 Å². The van der Waals surface area contributed by atoms with E-state index >= 15 is 0 Å². The molecule has 2 N–H and O–H groups in total. The maximum Gasteiger partial charge on any atom is 0.229 e. The number of aliphatic hydroxyl groups is 1. The second-order valence-corrected chi connectivity index (χ2v) is 9.22. The molecule has 4 heterocycles. The number of β-amino-alcohol motifs (C(OH)–C–C–N with tert-alkyl or cyclic N) is 1. The number of nitrogens with one attached hydrogen (secondary N) is 1. The maximum atomic E-state index is 12.7. The van der Waals surface area contributed by atoms with E-state index in [9.17, 15) is 9.90 Å². The van der Waals surface area contributed by atoms with Gasteiger partial charge in [0, 0.05) is 65.3 Å². The Morgan fingerprint density at radius 1 is 1.29 bits per heavy atom. The number of hydroxylamine groups is 2. The van der Waals surface area contributed by atoms with E-state index in [0.717, 1.165) is 27.8 Å². The summed E-state index contributed by atoms with van der Waals surface area (Å²) in [5.74, 6) is 1.08. The molecule has 5 rings (SSSR count). The predicted molar refractivity (Wildman–Crippen MR) is 132 cm³/mol. The van der Waals surface area contributed by atoms with Crippen LogP contribution in [0, 0.1) is 12.8 Å². The predicted octanol–water partition coefficient (Wildman–Crippen LogP) is 3.15. The molecule has 0 bridgehead atoms. The number of aliphatic hydroxyl groups excluding tert-OH is 1. The largest absolute Gasteiger partial charge is 0.389 e. The molecule has 1 fully saturated rings. The van der Waals surface area contributed by atoms with E-state index in [2.05, 4.69) is 20.4 Å². The smallest absolute Gasteiger partial charge is 0.229 e. The summed E-state index contributed by atoms with van der Waals surface area (Å²) in [6, 6.07) is 7.68. The molecule has 182 valence electrons. The van der Waals surface area contributed by atoms with Gasteiger partial charge in [-0.1, -0.05) is 13.8 Å². The van der Waals surface area contributed by atoms with E-state index in [1.54, 1.807) is 22.0 Å². The van der Waals surface area contributed by atoms with Gasteiger partial charge in [-0.2, -0.15) is 15.1 Å². The summed E-state index contributed by atoms with van der Waals surface area (Å²) in [6.45, 7) is 7.08. The number of carbonyl (C=O) groups excluding carboxylic acids is 1.